The van der Waals surface area contributed by atoms with E-state index in [9.17, 15) is 18.3 Å². The molecule has 1 aromatic heterocycles. The zero-order valence-electron chi connectivity index (χ0n) is 22.2. The fourth-order valence-corrected chi connectivity index (χ4v) is 5.36. The summed E-state index contributed by atoms with van der Waals surface area (Å²) >= 11 is 0. The van der Waals surface area contributed by atoms with E-state index < -0.39 is 46.0 Å². The van der Waals surface area contributed by atoms with Gasteiger partial charge in [0, 0.05) is 24.0 Å². The Labute approximate surface area is 218 Å². The second-order valence-corrected chi connectivity index (χ2v) is 12.9. The van der Waals surface area contributed by atoms with E-state index >= 15 is 0 Å². The van der Waals surface area contributed by atoms with Gasteiger partial charge in [0.2, 0.25) is 0 Å². The Bertz CT molecular complexity index is 1330. The van der Waals surface area contributed by atoms with Crippen LogP contribution in [0.25, 0.3) is 17.0 Å². The fourth-order valence-electron chi connectivity index (χ4n) is 4.79. The lowest BCUT2D eigenvalue weighted by Gasteiger charge is -2.22. The highest BCUT2D eigenvalue weighted by atomic mass is 32.2. The lowest BCUT2D eigenvalue weighted by atomic mass is 9.95. The van der Waals surface area contributed by atoms with Gasteiger partial charge in [-0.2, -0.15) is 0 Å². The minimum Gasteiger partial charge on any atom is -0.461 e. The number of esters is 1. The van der Waals surface area contributed by atoms with Gasteiger partial charge < -0.3 is 23.7 Å². The SMILES string of the molecule is Cc1cc2oc(CCS(C)(=O)=O)cc2c2c1C(=O)O[C@@H](C)[C@H](C)/C=C\C(O)[C@H]1OC(C)(C)O[C@H]1CC=C2. The molecule has 2 aliphatic heterocycles. The third-order valence-electron chi connectivity index (χ3n) is 6.89. The topological polar surface area (TPSA) is 112 Å². The molecule has 0 bridgehead atoms. The average Bonchev–Trinajstić information content (AvgIpc) is 3.33. The van der Waals surface area contributed by atoms with E-state index in [1.165, 1.54) is 6.26 Å². The van der Waals surface area contributed by atoms with Crippen molar-refractivity contribution in [3.8, 4) is 0 Å². The quantitative estimate of drug-likeness (QED) is 0.458. The molecule has 4 rings (SSSR count). The molecule has 1 N–H and O–H groups in total. The highest BCUT2D eigenvalue weighted by Gasteiger charge is 2.43. The van der Waals surface area contributed by atoms with E-state index in [1.807, 2.05) is 52.8 Å². The number of aryl methyl sites for hydroxylation is 2. The molecule has 0 saturated carbocycles. The van der Waals surface area contributed by atoms with Crippen molar-refractivity contribution >= 4 is 32.9 Å². The highest BCUT2D eigenvalue weighted by Crippen LogP contribution is 2.35. The van der Waals surface area contributed by atoms with Crippen molar-refractivity contribution < 1.29 is 36.9 Å². The maximum absolute atomic E-state index is 13.4. The Kier molecular flexibility index (Phi) is 7.72. The first-order chi connectivity index (χ1) is 17.2. The molecule has 0 radical (unpaired) electrons. The minimum atomic E-state index is -3.16. The number of fused-ring (bicyclic) bond motifs is 4. The zero-order chi connectivity index (χ0) is 27.1. The van der Waals surface area contributed by atoms with Crippen LogP contribution in [-0.4, -0.2) is 61.7 Å². The lowest BCUT2D eigenvalue weighted by Crippen LogP contribution is -2.34. The Balaban J connectivity index is 1.80. The number of aliphatic hydroxyl groups excluding tert-OH is 1. The van der Waals surface area contributed by atoms with Crippen LogP contribution in [0.2, 0.25) is 0 Å². The molecule has 9 heteroatoms. The molecule has 0 spiro atoms. The van der Waals surface area contributed by atoms with Gasteiger partial charge in [-0.15, -0.1) is 0 Å². The first-order valence-corrected chi connectivity index (χ1v) is 14.6. The minimum absolute atomic E-state index is 0.0344. The fraction of sp³-hybridized carbons (Fsp3) is 0.536. The molecule has 202 valence electrons. The van der Waals surface area contributed by atoms with Crippen LogP contribution < -0.4 is 0 Å². The second-order valence-electron chi connectivity index (χ2n) is 10.6. The summed E-state index contributed by atoms with van der Waals surface area (Å²) in [6.45, 7) is 9.19. The molecular weight excluding hydrogens is 496 g/mol. The number of cyclic esters (lactones) is 1. The van der Waals surface area contributed by atoms with Crippen LogP contribution in [0.3, 0.4) is 0 Å². The van der Waals surface area contributed by atoms with Crippen molar-refractivity contribution in [2.45, 2.75) is 77.7 Å². The van der Waals surface area contributed by atoms with Crippen LogP contribution in [0.5, 0.6) is 0 Å². The molecule has 2 aromatic rings. The van der Waals surface area contributed by atoms with E-state index in [4.69, 9.17) is 18.6 Å². The monoisotopic (exact) mass is 532 g/mol. The van der Waals surface area contributed by atoms with E-state index in [1.54, 1.807) is 18.2 Å². The standard InChI is InChI=1S/C28H36O8S/c1-16-10-11-22(29)26-23(35-28(4,5)36-26)9-7-8-20-21-15-19(12-13-37(6,31)32)34-24(21)14-17(2)25(20)27(30)33-18(16)3/h7-8,10-11,14-16,18,22-23,26,29H,9,12-13H2,1-6H3/b8-7?,11-10-/t16-,18+,22?,23+,26-/m1/s1. The number of hydrogen-bond acceptors (Lipinski definition) is 8. The van der Waals surface area contributed by atoms with Gasteiger partial charge in [0.1, 0.15) is 39.5 Å². The van der Waals surface area contributed by atoms with Crippen molar-refractivity contribution in [2.75, 3.05) is 12.0 Å². The Hall–Kier alpha value is -2.46. The molecule has 1 fully saturated rings. The summed E-state index contributed by atoms with van der Waals surface area (Å²) < 4.78 is 47.3. The van der Waals surface area contributed by atoms with Crippen molar-refractivity contribution in [3.05, 3.63) is 52.8 Å². The molecule has 1 saturated heterocycles. The average molecular weight is 533 g/mol. The number of carbonyl (C=O) groups is 1. The summed E-state index contributed by atoms with van der Waals surface area (Å²) in [5.74, 6) is -0.963. The first kappa shape index (κ1) is 27.6. The van der Waals surface area contributed by atoms with Gasteiger partial charge >= 0.3 is 5.97 Å². The van der Waals surface area contributed by atoms with E-state index in [0.29, 0.717) is 39.8 Å². The number of benzene rings is 1. The predicted octanol–water partition coefficient (Wildman–Crippen LogP) is 4.36. The van der Waals surface area contributed by atoms with Crippen LogP contribution >= 0.6 is 0 Å². The third kappa shape index (κ3) is 6.34. The summed E-state index contributed by atoms with van der Waals surface area (Å²) in [6.07, 6.45) is 6.82. The maximum atomic E-state index is 13.4. The number of hydrogen-bond donors (Lipinski definition) is 1. The smallest absolute Gasteiger partial charge is 0.339 e. The van der Waals surface area contributed by atoms with Gasteiger partial charge in [-0.25, -0.2) is 13.2 Å². The Morgan fingerprint density at radius 3 is 2.57 bits per heavy atom. The summed E-state index contributed by atoms with van der Waals surface area (Å²) in [6, 6.07) is 3.58. The largest absolute Gasteiger partial charge is 0.461 e. The van der Waals surface area contributed by atoms with Gasteiger partial charge in [0.05, 0.1) is 17.4 Å². The Morgan fingerprint density at radius 2 is 1.86 bits per heavy atom. The van der Waals surface area contributed by atoms with Crippen LogP contribution in [0, 0.1) is 12.8 Å². The predicted molar refractivity (Wildman–Crippen MR) is 141 cm³/mol. The Morgan fingerprint density at radius 1 is 1.14 bits per heavy atom. The van der Waals surface area contributed by atoms with Gasteiger partial charge in [-0.1, -0.05) is 31.2 Å². The number of ether oxygens (including phenoxy) is 3. The second kappa shape index (κ2) is 10.4. The molecule has 37 heavy (non-hydrogen) atoms. The van der Waals surface area contributed by atoms with Gasteiger partial charge in [-0.3, -0.25) is 0 Å². The molecule has 1 aromatic carbocycles. The van der Waals surface area contributed by atoms with Crippen LogP contribution in [0.4, 0.5) is 0 Å². The van der Waals surface area contributed by atoms with E-state index in [-0.39, 0.29) is 18.1 Å². The number of aliphatic hydroxyl groups is 1. The molecule has 0 amide bonds. The summed E-state index contributed by atoms with van der Waals surface area (Å²) in [5, 5.41) is 11.5. The first-order valence-electron chi connectivity index (χ1n) is 12.6. The van der Waals surface area contributed by atoms with Crippen LogP contribution in [0.1, 0.15) is 61.4 Å². The normalized spacial score (nSPS) is 29.4. The molecule has 3 heterocycles. The molecule has 0 aliphatic carbocycles. The summed E-state index contributed by atoms with van der Waals surface area (Å²) in [5.41, 5.74) is 2.33. The molecule has 1 unspecified atom stereocenters. The van der Waals surface area contributed by atoms with Crippen LogP contribution in [-0.2, 0) is 30.5 Å². The summed E-state index contributed by atoms with van der Waals surface area (Å²) in [4.78, 5) is 13.4. The molecule has 2 aliphatic rings. The number of rotatable bonds is 3. The van der Waals surface area contributed by atoms with Gasteiger partial charge in [-0.05, 0) is 57.4 Å². The molecule has 5 atom stereocenters. The van der Waals surface area contributed by atoms with Gasteiger partial charge in [0.15, 0.2) is 5.79 Å². The molecule has 8 nitrogen and oxygen atoms in total. The van der Waals surface area contributed by atoms with Crippen molar-refractivity contribution in [3.63, 3.8) is 0 Å². The molecular formula is C28H36O8S. The van der Waals surface area contributed by atoms with Gasteiger partial charge in [0.25, 0.3) is 0 Å². The van der Waals surface area contributed by atoms with E-state index in [2.05, 4.69) is 0 Å². The maximum Gasteiger partial charge on any atom is 0.339 e. The van der Waals surface area contributed by atoms with Crippen LogP contribution in [0.15, 0.2) is 34.8 Å². The number of furan rings is 1. The third-order valence-corrected chi connectivity index (χ3v) is 7.84. The van der Waals surface area contributed by atoms with Crippen molar-refractivity contribution in [2.24, 2.45) is 5.92 Å². The zero-order valence-corrected chi connectivity index (χ0v) is 23.0. The number of carbonyl (C=O) groups excluding carboxylic acids is 1. The highest BCUT2D eigenvalue weighted by molar-refractivity contribution is 7.90. The lowest BCUT2D eigenvalue weighted by molar-refractivity contribution is -0.152. The van der Waals surface area contributed by atoms with Crippen molar-refractivity contribution in [1.29, 1.82) is 0 Å². The van der Waals surface area contributed by atoms with Crippen molar-refractivity contribution in [1.82, 2.24) is 0 Å². The summed E-state index contributed by atoms with van der Waals surface area (Å²) in [7, 11) is -3.16. The van der Waals surface area contributed by atoms with E-state index in [0.717, 1.165) is 0 Å². The number of sulfone groups is 1.